The SMILES string of the molecule is CC.COc1ccc2c(N3C(=O)C(=O)c4ccccc43)cccc2c1. The van der Waals surface area contributed by atoms with Gasteiger partial charge in [-0.1, -0.05) is 38.1 Å². The Morgan fingerprint density at radius 1 is 0.840 bits per heavy atom. The molecule has 0 atom stereocenters. The number of ether oxygens (including phenoxy) is 1. The van der Waals surface area contributed by atoms with Crippen molar-refractivity contribution in [3.63, 3.8) is 0 Å². The molecule has 1 aliphatic heterocycles. The number of Topliss-reactive ketones (excluding diaryl/α,β-unsaturated/α-hetero) is 1. The van der Waals surface area contributed by atoms with Gasteiger partial charge in [0.25, 0.3) is 5.78 Å². The average molecular weight is 333 g/mol. The summed E-state index contributed by atoms with van der Waals surface area (Å²) >= 11 is 0. The predicted octanol–water partition coefficient (Wildman–Crippen LogP) is 4.74. The first-order valence-electron chi connectivity index (χ1n) is 8.25. The monoisotopic (exact) mass is 333 g/mol. The lowest BCUT2D eigenvalue weighted by Gasteiger charge is -2.19. The lowest BCUT2D eigenvalue weighted by molar-refractivity contribution is -0.113. The van der Waals surface area contributed by atoms with Crippen molar-refractivity contribution in [2.75, 3.05) is 12.0 Å². The lowest BCUT2D eigenvalue weighted by Crippen LogP contribution is -2.24. The molecule has 3 aromatic rings. The predicted molar refractivity (Wildman–Crippen MR) is 99.8 cm³/mol. The third-order valence-electron chi connectivity index (χ3n) is 4.09. The molecule has 126 valence electrons. The molecule has 0 aliphatic carbocycles. The third-order valence-corrected chi connectivity index (χ3v) is 4.09. The van der Waals surface area contributed by atoms with Gasteiger partial charge in [0.2, 0.25) is 0 Å². The summed E-state index contributed by atoms with van der Waals surface area (Å²) in [5, 5.41) is 1.85. The number of hydrogen-bond acceptors (Lipinski definition) is 3. The van der Waals surface area contributed by atoms with Crippen LogP contribution in [0.4, 0.5) is 11.4 Å². The number of para-hydroxylation sites is 1. The fourth-order valence-electron chi connectivity index (χ4n) is 2.99. The molecule has 1 heterocycles. The van der Waals surface area contributed by atoms with Crippen LogP contribution in [-0.2, 0) is 4.79 Å². The maximum Gasteiger partial charge on any atom is 0.304 e. The molecule has 0 N–H and O–H groups in total. The van der Waals surface area contributed by atoms with E-state index in [1.165, 1.54) is 4.90 Å². The van der Waals surface area contributed by atoms with E-state index in [1.807, 2.05) is 56.3 Å². The Balaban J connectivity index is 0.000000880. The Bertz CT molecular complexity index is 962. The molecule has 0 radical (unpaired) electrons. The molecule has 3 aromatic carbocycles. The molecule has 0 spiro atoms. The number of methoxy groups -OCH3 is 1. The molecule has 0 aromatic heterocycles. The summed E-state index contributed by atoms with van der Waals surface area (Å²) < 4.78 is 5.25. The number of rotatable bonds is 2. The van der Waals surface area contributed by atoms with Gasteiger partial charge >= 0.3 is 5.91 Å². The van der Waals surface area contributed by atoms with Crippen molar-refractivity contribution in [2.45, 2.75) is 13.8 Å². The molecule has 0 fully saturated rings. The minimum absolute atomic E-state index is 0.447. The summed E-state index contributed by atoms with van der Waals surface area (Å²) in [5.41, 5.74) is 1.78. The van der Waals surface area contributed by atoms with Crippen LogP contribution in [0, 0.1) is 0 Å². The molecule has 0 unspecified atom stereocenters. The molecule has 0 bridgehead atoms. The van der Waals surface area contributed by atoms with Crippen LogP contribution >= 0.6 is 0 Å². The van der Waals surface area contributed by atoms with Crippen LogP contribution < -0.4 is 9.64 Å². The van der Waals surface area contributed by atoms with Gasteiger partial charge in [0.15, 0.2) is 0 Å². The fourth-order valence-corrected chi connectivity index (χ4v) is 2.99. The summed E-state index contributed by atoms with van der Waals surface area (Å²) in [4.78, 5) is 26.2. The van der Waals surface area contributed by atoms with Gasteiger partial charge in [0, 0.05) is 5.39 Å². The van der Waals surface area contributed by atoms with Crippen molar-refractivity contribution in [3.8, 4) is 5.75 Å². The topological polar surface area (TPSA) is 46.6 Å². The molecule has 4 rings (SSSR count). The maximum absolute atomic E-state index is 12.5. The van der Waals surface area contributed by atoms with Crippen molar-refractivity contribution in [1.29, 1.82) is 0 Å². The number of anilines is 2. The lowest BCUT2D eigenvalue weighted by atomic mass is 10.1. The third kappa shape index (κ3) is 2.66. The van der Waals surface area contributed by atoms with E-state index < -0.39 is 11.7 Å². The highest BCUT2D eigenvalue weighted by molar-refractivity contribution is 6.54. The van der Waals surface area contributed by atoms with Crippen molar-refractivity contribution in [2.24, 2.45) is 0 Å². The Labute approximate surface area is 146 Å². The van der Waals surface area contributed by atoms with Crippen molar-refractivity contribution in [3.05, 3.63) is 66.2 Å². The number of benzene rings is 3. The molecule has 0 saturated carbocycles. The summed E-state index contributed by atoms with van der Waals surface area (Å²) in [6.45, 7) is 4.00. The van der Waals surface area contributed by atoms with Gasteiger partial charge < -0.3 is 4.74 Å². The van der Waals surface area contributed by atoms with Crippen molar-refractivity contribution in [1.82, 2.24) is 0 Å². The fraction of sp³-hybridized carbons (Fsp3) is 0.143. The minimum Gasteiger partial charge on any atom is -0.497 e. The molecule has 4 heteroatoms. The largest absolute Gasteiger partial charge is 0.497 e. The Morgan fingerprint density at radius 2 is 1.56 bits per heavy atom. The van der Waals surface area contributed by atoms with Crippen LogP contribution in [0.5, 0.6) is 5.75 Å². The van der Waals surface area contributed by atoms with Gasteiger partial charge in [0.05, 0.1) is 24.0 Å². The van der Waals surface area contributed by atoms with Gasteiger partial charge in [-0.05, 0) is 41.8 Å². The number of amides is 1. The summed E-state index contributed by atoms with van der Waals surface area (Å²) in [6, 6.07) is 18.4. The van der Waals surface area contributed by atoms with Crippen LogP contribution in [0.2, 0.25) is 0 Å². The normalized spacial score (nSPS) is 12.7. The standard InChI is InChI=1S/C19H13NO3.C2H6/c1-23-13-9-10-14-12(11-13)5-4-8-16(14)20-17-7-3-2-6-15(17)18(21)19(20)22;1-2/h2-11H,1H3;1-2H3. The Morgan fingerprint density at radius 3 is 2.32 bits per heavy atom. The number of carbonyl (C=O) groups is 2. The molecule has 1 aliphatic rings. The first kappa shape index (κ1) is 16.7. The summed E-state index contributed by atoms with van der Waals surface area (Å²) in [5.74, 6) is -0.237. The average Bonchev–Trinajstić information content (AvgIpc) is 2.93. The smallest absolute Gasteiger partial charge is 0.304 e. The first-order chi connectivity index (χ1) is 12.2. The van der Waals surface area contributed by atoms with E-state index in [0.717, 1.165) is 16.5 Å². The van der Waals surface area contributed by atoms with Crippen molar-refractivity contribution >= 4 is 33.8 Å². The van der Waals surface area contributed by atoms with E-state index in [4.69, 9.17) is 4.74 Å². The molecular formula is C21H19NO3. The first-order valence-corrected chi connectivity index (χ1v) is 8.25. The highest BCUT2D eigenvalue weighted by Gasteiger charge is 2.37. The van der Waals surface area contributed by atoms with E-state index in [-0.39, 0.29) is 0 Å². The van der Waals surface area contributed by atoms with Crippen molar-refractivity contribution < 1.29 is 14.3 Å². The quantitative estimate of drug-likeness (QED) is 0.637. The van der Waals surface area contributed by atoms with Gasteiger partial charge in [-0.25, -0.2) is 0 Å². The number of hydrogen-bond donors (Lipinski definition) is 0. The van der Waals surface area contributed by atoms with E-state index in [9.17, 15) is 9.59 Å². The van der Waals surface area contributed by atoms with E-state index >= 15 is 0 Å². The second-order valence-corrected chi connectivity index (χ2v) is 5.35. The highest BCUT2D eigenvalue weighted by Crippen LogP contribution is 2.39. The zero-order valence-corrected chi connectivity index (χ0v) is 14.4. The second-order valence-electron chi connectivity index (χ2n) is 5.35. The summed E-state index contributed by atoms with van der Waals surface area (Å²) in [7, 11) is 1.62. The molecule has 25 heavy (non-hydrogen) atoms. The van der Waals surface area contributed by atoms with Crippen LogP contribution in [0.3, 0.4) is 0 Å². The number of fused-ring (bicyclic) bond motifs is 2. The summed E-state index contributed by atoms with van der Waals surface area (Å²) in [6.07, 6.45) is 0. The molecular weight excluding hydrogens is 314 g/mol. The molecule has 1 amide bonds. The zero-order valence-electron chi connectivity index (χ0n) is 14.4. The molecule has 0 saturated heterocycles. The van der Waals surface area contributed by atoms with Gasteiger partial charge in [-0.3, -0.25) is 14.5 Å². The van der Waals surface area contributed by atoms with Crippen LogP contribution in [0.25, 0.3) is 10.8 Å². The Hall–Kier alpha value is -3.14. The van der Waals surface area contributed by atoms with E-state index in [1.54, 1.807) is 25.3 Å². The maximum atomic E-state index is 12.5. The van der Waals surface area contributed by atoms with Crippen LogP contribution in [0.1, 0.15) is 24.2 Å². The second kappa shape index (κ2) is 6.77. The van der Waals surface area contributed by atoms with Gasteiger partial charge in [-0.15, -0.1) is 0 Å². The van der Waals surface area contributed by atoms with Gasteiger partial charge in [0.1, 0.15) is 5.75 Å². The highest BCUT2D eigenvalue weighted by atomic mass is 16.5. The Kier molecular flexibility index (Phi) is 4.52. The number of nitrogens with zero attached hydrogens (tertiary/aromatic N) is 1. The minimum atomic E-state index is -0.519. The number of ketones is 1. The zero-order chi connectivity index (χ0) is 18.0. The van der Waals surface area contributed by atoms with Crippen LogP contribution in [-0.4, -0.2) is 18.8 Å². The number of carbonyl (C=O) groups excluding carboxylic acids is 2. The molecule has 4 nitrogen and oxygen atoms in total. The van der Waals surface area contributed by atoms with E-state index in [2.05, 4.69) is 0 Å². The van der Waals surface area contributed by atoms with Gasteiger partial charge in [-0.2, -0.15) is 0 Å². The van der Waals surface area contributed by atoms with Crippen LogP contribution in [0.15, 0.2) is 60.7 Å². The van der Waals surface area contributed by atoms with E-state index in [0.29, 0.717) is 16.9 Å².